The molecule has 1 heterocycles. The Morgan fingerprint density at radius 3 is 2.95 bits per heavy atom. The number of hydrogen-bond donors (Lipinski definition) is 1. The number of esters is 1. The Kier molecular flexibility index (Phi) is 4.57. The van der Waals surface area contributed by atoms with Crippen LogP contribution in [-0.2, 0) is 16.1 Å². The molecule has 1 aliphatic carbocycles. The first-order chi connectivity index (χ1) is 9.11. The van der Waals surface area contributed by atoms with E-state index in [9.17, 15) is 9.59 Å². The first kappa shape index (κ1) is 14.0. The van der Waals surface area contributed by atoms with Crippen LogP contribution in [0.1, 0.15) is 19.3 Å². The maximum absolute atomic E-state index is 12.2. The molecule has 1 N–H and O–H groups in total. The van der Waals surface area contributed by atoms with E-state index in [0.29, 0.717) is 22.6 Å². The molecule has 0 atom stereocenters. The van der Waals surface area contributed by atoms with Gasteiger partial charge in [-0.25, -0.2) is 4.68 Å². The smallest absolute Gasteiger partial charge is 0.325 e. The predicted molar refractivity (Wildman–Crippen MR) is 74.0 cm³/mol. The Labute approximate surface area is 119 Å². The highest BCUT2D eigenvalue weighted by molar-refractivity contribution is 9.10. The minimum atomic E-state index is -0.423. The summed E-state index contributed by atoms with van der Waals surface area (Å²) in [5.41, 5.74) is 0.130. The summed E-state index contributed by atoms with van der Waals surface area (Å²) in [5, 5.41) is 6.90. The summed E-state index contributed by atoms with van der Waals surface area (Å²) in [7, 11) is 1.31. The molecule has 1 aromatic rings. The Bertz CT molecular complexity index is 525. The van der Waals surface area contributed by atoms with E-state index >= 15 is 0 Å². The first-order valence-corrected chi connectivity index (χ1v) is 6.97. The number of nitrogens with one attached hydrogen (secondary N) is 1. The highest BCUT2D eigenvalue weighted by Gasteiger charge is 2.20. The summed E-state index contributed by atoms with van der Waals surface area (Å²) in [6.07, 6.45) is 5.09. The van der Waals surface area contributed by atoms with E-state index in [1.807, 2.05) is 0 Å². The van der Waals surface area contributed by atoms with Crippen LogP contribution in [0.2, 0.25) is 0 Å². The van der Waals surface area contributed by atoms with Crippen LogP contribution in [0.15, 0.2) is 15.5 Å². The average molecular weight is 330 g/mol. The maximum Gasteiger partial charge on any atom is 0.325 e. The van der Waals surface area contributed by atoms with Gasteiger partial charge in [0.15, 0.2) is 0 Å². The minimum Gasteiger partial charge on any atom is -0.468 e. The molecule has 1 saturated carbocycles. The number of halogens is 1. The van der Waals surface area contributed by atoms with E-state index < -0.39 is 5.97 Å². The van der Waals surface area contributed by atoms with E-state index in [2.05, 4.69) is 31.1 Å². The van der Waals surface area contributed by atoms with Gasteiger partial charge >= 0.3 is 5.97 Å². The largest absolute Gasteiger partial charge is 0.468 e. The van der Waals surface area contributed by atoms with Gasteiger partial charge in [-0.05, 0) is 34.7 Å². The second-order valence-electron chi connectivity index (χ2n) is 4.58. The van der Waals surface area contributed by atoms with Crippen LogP contribution < -0.4 is 10.9 Å². The number of rotatable bonds is 5. The van der Waals surface area contributed by atoms with Crippen molar-refractivity contribution in [2.75, 3.05) is 19.0 Å². The van der Waals surface area contributed by atoms with E-state index in [0.717, 1.165) is 12.8 Å². The molecular formula is C12H16BrN3O3. The number of nitrogens with zero attached hydrogens (tertiary/aromatic N) is 2. The lowest BCUT2D eigenvalue weighted by Gasteiger charge is -2.25. The SMILES string of the molecule is COC(=O)CNc1c(Br)cnn(CC2CCC2)c1=O. The molecule has 0 aliphatic heterocycles. The van der Waals surface area contributed by atoms with Crippen molar-refractivity contribution in [1.82, 2.24) is 9.78 Å². The van der Waals surface area contributed by atoms with Crippen molar-refractivity contribution in [2.24, 2.45) is 5.92 Å². The lowest BCUT2D eigenvalue weighted by atomic mass is 9.85. The summed E-state index contributed by atoms with van der Waals surface area (Å²) < 4.78 is 6.53. The number of aromatic nitrogens is 2. The molecule has 104 valence electrons. The van der Waals surface area contributed by atoms with Gasteiger partial charge in [0.25, 0.3) is 5.56 Å². The van der Waals surface area contributed by atoms with Crippen LogP contribution in [0, 0.1) is 5.92 Å². The molecular weight excluding hydrogens is 314 g/mol. The first-order valence-electron chi connectivity index (χ1n) is 6.18. The van der Waals surface area contributed by atoms with Gasteiger partial charge in [0.2, 0.25) is 0 Å². The lowest BCUT2D eigenvalue weighted by molar-refractivity contribution is -0.138. The van der Waals surface area contributed by atoms with E-state index in [4.69, 9.17) is 0 Å². The fourth-order valence-corrected chi connectivity index (χ4v) is 2.31. The third kappa shape index (κ3) is 3.34. The van der Waals surface area contributed by atoms with Crippen molar-refractivity contribution in [3.63, 3.8) is 0 Å². The summed E-state index contributed by atoms with van der Waals surface area (Å²) >= 11 is 3.26. The molecule has 7 heteroatoms. The second kappa shape index (κ2) is 6.18. The maximum atomic E-state index is 12.2. The van der Waals surface area contributed by atoms with Crippen LogP contribution in [-0.4, -0.2) is 29.4 Å². The van der Waals surface area contributed by atoms with Crippen molar-refractivity contribution in [1.29, 1.82) is 0 Å². The van der Waals surface area contributed by atoms with Crippen LogP contribution in [0.4, 0.5) is 5.69 Å². The molecule has 0 bridgehead atoms. The molecule has 1 aromatic heterocycles. The summed E-state index contributed by atoms with van der Waals surface area (Å²) in [6, 6.07) is 0. The number of anilines is 1. The van der Waals surface area contributed by atoms with Crippen molar-refractivity contribution in [3.8, 4) is 0 Å². The quantitative estimate of drug-likeness (QED) is 0.826. The number of hydrogen-bond acceptors (Lipinski definition) is 5. The lowest BCUT2D eigenvalue weighted by Crippen LogP contribution is -2.31. The summed E-state index contributed by atoms with van der Waals surface area (Å²) in [5.74, 6) is 0.119. The van der Waals surface area contributed by atoms with Gasteiger partial charge in [0, 0.05) is 6.54 Å². The van der Waals surface area contributed by atoms with Gasteiger partial charge in [-0.15, -0.1) is 0 Å². The van der Waals surface area contributed by atoms with Crippen LogP contribution in [0.25, 0.3) is 0 Å². The van der Waals surface area contributed by atoms with Crippen LogP contribution in [0.5, 0.6) is 0 Å². The van der Waals surface area contributed by atoms with E-state index in [1.165, 1.54) is 18.2 Å². The zero-order valence-corrected chi connectivity index (χ0v) is 12.3. The van der Waals surface area contributed by atoms with Crippen molar-refractivity contribution in [3.05, 3.63) is 21.0 Å². The number of methoxy groups -OCH3 is 1. The standard InChI is InChI=1S/C12H16BrN3O3/c1-19-10(17)6-14-11-9(13)5-15-16(12(11)18)7-8-3-2-4-8/h5,8,14H,2-4,6-7H2,1H3. The zero-order chi connectivity index (χ0) is 13.8. The minimum absolute atomic E-state index is 0.0439. The van der Waals surface area contributed by atoms with Crippen LogP contribution in [0.3, 0.4) is 0 Å². The van der Waals surface area contributed by atoms with Gasteiger partial charge in [0.1, 0.15) is 12.2 Å². The molecule has 0 spiro atoms. The van der Waals surface area contributed by atoms with Gasteiger partial charge in [-0.3, -0.25) is 9.59 Å². The van der Waals surface area contributed by atoms with E-state index in [-0.39, 0.29) is 12.1 Å². The number of ether oxygens (including phenoxy) is 1. The van der Waals surface area contributed by atoms with Crippen LogP contribution >= 0.6 is 15.9 Å². The third-order valence-corrected chi connectivity index (χ3v) is 3.89. The van der Waals surface area contributed by atoms with Crippen molar-refractivity contribution >= 4 is 27.6 Å². The fraction of sp³-hybridized carbons (Fsp3) is 0.583. The van der Waals surface area contributed by atoms with Gasteiger partial charge in [-0.1, -0.05) is 6.42 Å². The molecule has 1 aliphatic rings. The average Bonchev–Trinajstić information content (AvgIpc) is 2.35. The Hall–Kier alpha value is -1.37. The molecule has 2 rings (SSSR count). The molecule has 0 radical (unpaired) electrons. The Balaban J connectivity index is 2.14. The second-order valence-corrected chi connectivity index (χ2v) is 5.44. The summed E-state index contributed by atoms with van der Waals surface area (Å²) in [4.78, 5) is 23.3. The molecule has 0 amide bonds. The van der Waals surface area contributed by atoms with Gasteiger partial charge in [-0.2, -0.15) is 5.10 Å². The molecule has 1 fully saturated rings. The molecule has 0 unspecified atom stereocenters. The Morgan fingerprint density at radius 2 is 2.37 bits per heavy atom. The van der Waals surface area contributed by atoms with E-state index in [1.54, 1.807) is 6.20 Å². The van der Waals surface area contributed by atoms with Crippen molar-refractivity contribution < 1.29 is 9.53 Å². The number of carbonyl (C=O) groups excluding carboxylic acids is 1. The third-order valence-electron chi connectivity index (χ3n) is 3.29. The Morgan fingerprint density at radius 1 is 1.63 bits per heavy atom. The molecule has 0 aromatic carbocycles. The summed E-state index contributed by atoms with van der Waals surface area (Å²) in [6.45, 7) is 0.594. The molecule has 19 heavy (non-hydrogen) atoms. The predicted octanol–water partition coefficient (Wildman–Crippen LogP) is 1.39. The molecule has 6 nitrogen and oxygen atoms in total. The fourth-order valence-electron chi connectivity index (χ4n) is 1.91. The molecule has 0 saturated heterocycles. The monoisotopic (exact) mass is 329 g/mol. The normalized spacial score (nSPS) is 14.8. The zero-order valence-electron chi connectivity index (χ0n) is 10.7. The highest BCUT2D eigenvalue weighted by Crippen LogP contribution is 2.27. The topological polar surface area (TPSA) is 73.2 Å². The van der Waals surface area contributed by atoms with Gasteiger partial charge in [0.05, 0.1) is 17.8 Å². The van der Waals surface area contributed by atoms with Gasteiger partial charge < -0.3 is 10.1 Å². The number of carbonyl (C=O) groups is 1. The van der Waals surface area contributed by atoms with Crippen molar-refractivity contribution in [2.45, 2.75) is 25.8 Å². The highest BCUT2D eigenvalue weighted by atomic mass is 79.9.